The molecule has 0 fully saturated rings. The van der Waals surface area contributed by atoms with Crippen molar-refractivity contribution >= 4 is 58.7 Å². The largest absolute Gasteiger partial charge is 2.00 e. The monoisotopic (exact) mass is 216 g/mol. The third-order valence-electron chi connectivity index (χ3n) is 0. The van der Waals surface area contributed by atoms with Crippen molar-refractivity contribution in [1.82, 2.24) is 0 Å². The van der Waals surface area contributed by atoms with Crippen LogP contribution in [0.3, 0.4) is 0 Å². The normalized spacial score (nSPS) is 8.20. The SMILES string of the molecule is O=S(=O)([O-])[O-].O=S(=O)=O.[Ca+2]. The summed E-state index contributed by atoms with van der Waals surface area (Å²) in [6.45, 7) is 0. The van der Waals surface area contributed by atoms with Crippen LogP contribution in [0.25, 0.3) is 0 Å². The van der Waals surface area contributed by atoms with Gasteiger partial charge in [0.15, 0.2) is 0 Å². The van der Waals surface area contributed by atoms with E-state index in [-0.39, 0.29) is 37.7 Å². The van der Waals surface area contributed by atoms with E-state index in [4.69, 9.17) is 30.1 Å². The van der Waals surface area contributed by atoms with Crippen LogP contribution >= 0.6 is 0 Å². The van der Waals surface area contributed by atoms with Gasteiger partial charge >= 0.3 is 48.3 Å². The van der Waals surface area contributed by atoms with E-state index < -0.39 is 21.0 Å². The van der Waals surface area contributed by atoms with Crippen molar-refractivity contribution in [2.75, 3.05) is 0 Å². The van der Waals surface area contributed by atoms with Gasteiger partial charge in [-0.05, 0) is 0 Å². The van der Waals surface area contributed by atoms with E-state index in [9.17, 15) is 0 Å². The molecule has 0 N–H and O–H groups in total. The maximum atomic E-state index is 8.52. The van der Waals surface area contributed by atoms with Crippen LogP contribution in [0, 0.1) is 0 Å². The van der Waals surface area contributed by atoms with Gasteiger partial charge in [-0.15, -0.1) is 12.6 Å². The third-order valence-corrected chi connectivity index (χ3v) is 0. The van der Waals surface area contributed by atoms with Crippen LogP contribution in [-0.4, -0.2) is 67.9 Å². The molecule has 0 aromatic rings. The second-order valence-corrected chi connectivity index (χ2v) is 1.84. The molecule has 10 heteroatoms. The van der Waals surface area contributed by atoms with Gasteiger partial charge in [-0.25, -0.2) is 0 Å². The fourth-order valence-electron chi connectivity index (χ4n) is 0. The minimum atomic E-state index is -5.17. The molecule has 0 amide bonds. The van der Waals surface area contributed by atoms with Gasteiger partial charge < -0.3 is 9.11 Å². The first kappa shape index (κ1) is 17.0. The van der Waals surface area contributed by atoms with Gasteiger partial charge in [0.1, 0.15) is 0 Å². The molecule has 56 valence electrons. The first-order chi connectivity index (χ1) is 3.73. The van der Waals surface area contributed by atoms with Crippen molar-refractivity contribution in [3.63, 3.8) is 0 Å². The summed E-state index contributed by atoms with van der Waals surface area (Å²) >= 11 is 0. The summed E-state index contributed by atoms with van der Waals surface area (Å²) in [7, 11) is -8.28. The molecular weight excluding hydrogens is 216 g/mol. The Labute approximate surface area is 88.1 Å². The van der Waals surface area contributed by atoms with E-state index in [0.29, 0.717) is 0 Å². The predicted octanol–water partition coefficient (Wildman–Crippen LogP) is -2.72. The summed E-state index contributed by atoms with van der Waals surface area (Å²) < 4.78 is 59.4. The van der Waals surface area contributed by atoms with Gasteiger partial charge in [0, 0.05) is 10.4 Å². The summed E-state index contributed by atoms with van der Waals surface area (Å²) in [6.07, 6.45) is 0. The maximum Gasteiger partial charge on any atom is 2.00 e. The number of hydrogen-bond acceptors (Lipinski definition) is 7. The first-order valence-corrected chi connectivity index (χ1v) is 3.50. The molecule has 0 aromatic heterocycles. The molecule has 0 radical (unpaired) electrons. The Morgan fingerprint density at radius 1 is 1.00 bits per heavy atom. The van der Waals surface area contributed by atoms with Gasteiger partial charge in [0.05, 0.1) is 0 Å². The van der Waals surface area contributed by atoms with E-state index in [1.165, 1.54) is 0 Å². The van der Waals surface area contributed by atoms with Crippen molar-refractivity contribution in [1.29, 1.82) is 0 Å². The molecule has 10 heavy (non-hydrogen) atoms. The fraction of sp³-hybridized carbons (Fsp3) is 0. The van der Waals surface area contributed by atoms with Crippen LogP contribution in [0.15, 0.2) is 0 Å². The zero-order valence-corrected chi connectivity index (χ0v) is 8.22. The van der Waals surface area contributed by atoms with Crippen molar-refractivity contribution < 1.29 is 30.1 Å². The summed E-state index contributed by atoms with van der Waals surface area (Å²) in [4.78, 5) is 0. The van der Waals surface area contributed by atoms with Crippen molar-refractivity contribution in [2.45, 2.75) is 0 Å². The van der Waals surface area contributed by atoms with Gasteiger partial charge in [0.25, 0.3) is 0 Å². The topological polar surface area (TPSA) is 131 Å². The van der Waals surface area contributed by atoms with E-state index in [0.717, 1.165) is 0 Å². The third kappa shape index (κ3) is 935. The molecule has 0 aliphatic rings. The molecule has 7 nitrogen and oxygen atoms in total. The van der Waals surface area contributed by atoms with Gasteiger partial charge in [-0.3, -0.25) is 8.42 Å². The van der Waals surface area contributed by atoms with E-state index in [1.807, 2.05) is 0 Å². The molecule has 0 bridgehead atoms. The van der Waals surface area contributed by atoms with Crippen LogP contribution in [-0.2, 0) is 21.0 Å². The Morgan fingerprint density at radius 3 is 1.00 bits per heavy atom. The van der Waals surface area contributed by atoms with E-state index in [1.54, 1.807) is 0 Å². The average Bonchev–Trinajstić information content (AvgIpc) is 1.19. The van der Waals surface area contributed by atoms with Gasteiger partial charge in [-0.2, -0.15) is 0 Å². The number of rotatable bonds is 0. The zero-order chi connectivity index (χ0) is 8.08. The standard InChI is InChI=1S/Ca.H2O4S.O3S/c;1-5(2,3)4;1-4(2)3/h;(H2,1,2,3,4);/q+2;;/p-2. The van der Waals surface area contributed by atoms with Crippen LogP contribution in [0.5, 0.6) is 0 Å². The molecule has 0 saturated heterocycles. The molecule has 0 atom stereocenters. The molecule has 0 aliphatic heterocycles. The Hall–Kier alpha value is 0.750. The predicted molar refractivity (Wildman–Crippen MR) is 25.9 cm³/mol. The molecule has 0 heterocycles. The van der Waals surface area contributed by atoms with Crippen molar-refractivity contribution in [3.8, 4) is 0 Å². The Balaban J connectivity index is -0.0000000910. The van der Waals surface area contributed by atoms with Crippen LogP contribution in [0.1, 0.15) is 0 Å². The summed E-state index contributed by atoms with van der Waals surface area (Å²) in [5.74, 6) is 0. The molecular formula is CaO7S2. The van der Waals surface area contributed by atoms with Crippen LogP contribution in [0.2, 0.25) is 0 Å². The maximum absolute atomic E-state index is 8.52. The molecule has 0 spiro atoms. The molecule has 0 aliphatic carbocycles. The first-order valence-electron chi connectivity index (χ1n) is 1.17. The molecule has 0 saturated carbocycles. The second kappa shape index (κ2) is 7.85. The summed E-state index contributed by atoms with van der Waals surface area (Å²) in [5, 5.41) is 0. The molecule has 0 aromatic carbocycles. The van der Waals surface area contributed by atoms with Crippen molar-refractivity contribution in [3.05, 3.63) is 0 Å². The summed E-state index contributed by atoms with van der Waals surface area (Å²) in [6, 6.07) is 0. The van der Waals surface area contributed by atoms with E-state index in [2.05, 4.69) is 0 Å². The van der Waals surface area contributed by atoms with Crippen LogP contribution < -0.4 is 0 Å². The Bertz CT molecular complexity index is 224. The Kier molecular flexibility index (Phi) is 13.4. The van der Waals surface area contributed by atoms with Crippen molar-refractivity contribution in [2.24, 2.45) is 0 Å². The molecule has 0 unspecified atom stereocenters. The Morgan fingerprint density at radius 2 is 1.00 bits per heavy atom. The fourth-order valence-corrected chi connectivity index (χ4v) is 0. The molecule has 0 rings (SSSR count). The zero-order valence-electron chi connectivity index (χ0n) is 4.38. The summed E-state index contributed by atoms with van der Waals surface area (Å²) in [5.41, 5.74) is 0. The quantitative estimate of drug-likeness (QED) is 0.244. The smallest absolute Gasteiger partial charge is 0.759 e. The van der Waals surface area contributed by atoms with Crippen LogP contribution in [0.4, 0.5) is 0 Å². The minimum absolute atomic E-state index is 0. The minimum Gasteiger partial charge on any atom is -0.759 e. The number of hydrogen-bond donors (Lipinski definition) is 0. The van der Waals surface area contributed by atoms with E-state index >= 15 is 0 Å². The average molecular weight is 216 g/mol. The second-order valence-electron chi connectivity index (χ2n) is 0.612. The van der Waals surface area contributed by atoms with Gasteiger partial charge in [0.2, 0.25) is 0 Å². The van der Waals surface area contributed by atoms with Gasteiger partial charge in [-0.1, -0.05) is 0 Å².